The van der Waals surface area contributed by atoms with E-state index in [1.807, 2.05) is 31.3 Å². The summed E-state index contributed by atoms with van der Waals surface area (Å²) in [6.45, 7) is 2.05. The SMILES string of the molecule is CCc1ccc(C(NC)c2cc3c(cc2Cl)NC(=O)C3)o1. The van der Waals surface area contributed by atoms with Crippen LogP contribution in [0.2, 0.25) is 5.02 Å². The maximum Gasteiger partial charge on any atom is 0.228 e. The molecule has 0 saturated heterocycles. The van der Waals surface area contributed by atoms with Gasteiger partial charge in [0.1, 0.15) is 11.5 Å². The molecule has 1 aliphatic rings. The van der Waals surface area contributed by atoms with Gasteiger partial charge in [-0.2, -0.15) is 0 Å². The summed E-state index contributed by atoms with van der Waals surface area (Å²) in [6.07, 6.45) is 1.25. The number of hydrogen-bond acceptors (Lipinski definition) is 3. The van der Waals surface area contributed by atoms with Crippen molar-refractivity contribution >= 4 is 23.2 Å². The van der Waals surface area contributed by atoms with Gasteiger partial charge in [-0.15, -0.1) is 0 Å². The topological polar surface area (TPSA) is 54.3 Å². The molecule has 1 unspecified atom stereocenters. The van der Waals surface area contributed by atoms with Crippen LogP contribution >= 0.6 is 11.6 Å². The first-order valence-corrected chi connectivity index (χ1v) is 7.38. The molecule has 110 valence electrons. The van der Waals surface area contributed by atoms with Crippen molar-refractivity contribution in [3.63, 3.8) is 0 Å². The largest absolute Gasteiger partial charge is 0.464 e. The minimum atomic E-state index is -0.126. The van der Waals surface area contributed by atoms with Gasteiger partial charge in [-0.25, -0.2) is 0 Å². The number of hydrogen-bond donors (Lipinski definition) is 2. The van der Waals surface area contributed by atoms with E-state index in [9.17, 15) is 4.79 Å². The normalized spacial score (nSPS) is 14.9. The monoisotopic (exact) mass is 304 g/mol. The molecule has 1 atom stereocenters. The third-order valence-corrected chi connectivity index (χ3v) is 4.09. The molecule has 1 aliphatic heterocycles. The number of aryl methyl sites for hydroxylation is 1. The van der Waals surface area contributed by atoms with Crippen LogP contribution in [0.1, 0.15) is 35.6 Å². The number of furan rings is 1. The van der Waals surface area contributed by atoms with E-state index in [1.54, 1.807) is 0 Å². The van der Waals surface area contributed by atoms with Gasteiger partial charge in [0.05, 0.1) is 12.5 Å². The quantitative estimate of drug-likeness (QED) is 0.911. The molecule has 5 heteroatoms. The standard InChI is InChI=1S/C16H17ClN2O2/c1-3-10-4-5-14(21-10)16(18-2)11-6-9-7-15(20)19-13(9)8-12(11)17/h4-6,8,16,18H,3,7H2,1-2H3,(H,19,20). The second-order valence-electron chi connectivity index (χ2n) is 5.14. The lowest BCUT2D eigenvalue weighted by molar-refractivity contribution is -0.115. The molecular weight excluding hydrogens is 288 g/mol. The molecule has 1 aromatic heterocycles. The van der Waals surface area contributed by atoms with Crippen LogP contribution in [-0.2, 0) is 17.6 Å². The fourth-order valence-electron chi connectivity index (χ4n) is 2.68. The Morgan fingerprint density at radius 2 is 2.24 bits per heavy atom. The van der Waals surface area contributed by atoms with E-state index in [1.165, 1.54) is 0 Å². The van der Waals surface area contributed by atoms with Gasteiger partial charge >= 0.3 is 0 Å². The minimum Gasteiger partial charge on any atom is -0.464 e. The Kier molecular flexibility index (Phi) is 3.74. The summed E-state index contributed by atoms with van der Waals surface area (Å²) in [6, 6.07) is 7.61. The summed E-state index contributed by atoms with van der Waals surface area (Å²) < 4.78 is 5.83. The number of amides is 1. The molecule has 2 heterocycles. The number of fused-ring (bicyclic) bond motifs is 1. The number of carbonyl (C=O) groups excluding carboxylic acids is 1. The molecule has 3 rings (SSSR count). The molecule has 0 spiro atoms. The van der Waals surface area contributed by atoms with Crippen LogP contribution in [0.15, 0.2) is 28.7 Å². The van der Waals surface area contributed by atoms with Gasteiger partial charge in [0.2, 0.25) is 5.91 Å². The zero-order valence-corrected chi connectivity index (χ0v) is 12.8. The summed E-state index contributed by atoms with van der Waals surface area (Å²) >= 11 is 6.39. The van der Waals surface area contributed by atoms with Crippen LogP contribution in [0.4, 0.5) is 5.69 Å². The lowest BCUT2D eigenvalue weighted by Crippen LogP contribution is -2.17. The highest BCUT2D eigenvalue weighted by Crippen LogP contribution is 2.35. The summed E-state index contributed by atoms with van der Waals surface area (Å²) in [4.78, 5) is 11.5. The number of anilines is 1. The molecule has 2 N–H and O–H groups in total. The summed E-state index contributed by atoms with van der Waals surface area (Å²) in [5, 5.41) is 6.66. The molecule has 4 nitrogen and oxygen atoms in total. The first kappa shape index (κ1) is 14.2. The molecule has 21 heavy (non-hydrogen) atoms. The van der Waals surface area contributed by atoms with Crippen molar-refractivity contribution in [1.82, 2.24) is 5.32 Å². The average molecular weight is 305 g/mol. The second kappa shape index (κ2) is 5.54. The fourth-order valence-corrected chi connectivity index (χ4v) is 2.95. The van der Waals surface area contributed by atoms with E-state index in [4.69, 9.17) is 16.0 Å². The number of carbonyl (C=O) groups is 1. The van der Waals surface area contributed by atoms with E-state index < -0.39 is 0 Å². The maximum atomic E-state index is 11.5. The van der Waals surface area contributed by atoms with Gasteiger partial charge in [-0.05, 0) is 42.4 Å². The summed E-state index contributed by atoms with van der Waals surface area (Å²) in [7, 11) is 1.87. The van der Waals surface area contributed by atoms with Crippen LogP contribution in [0, 0.1) is 0 Å². The van der Waals surface area contributed by atoms with Gasteiger partial charge in [0, 0.05) is 17.1 Å². The van der Waals surface area contributed by atoms with Crippen LogP contribution < -0.4 is 10.6 Å². The zero-order chi connectivity index (χ0) is 15.0. The minimum absolute atomic E-state index is 0.00509. The Balaban J connectivity index is 2.01. The van der Waals surface area contributed by atoms with Crippen molar-refractivity contribution in [2.24, 2.45) is 0 Å². The Bertz CT molecular complexity index is 694. The van der Waals surface area contributed by atoms with Crippen molar-refractivity contribution in [3.8, 4) is 0 Å². The van der Waals surface area contributed by atoms with Crippen molar-refractivity contribution in [2.75, 3.05) is 12.4 Å². The molecule has 0 bridgehead atoms. The average Bonchev–Trinajstić information content (AvgIpc) is 3.05. The maximum absolute atomic E-state index is 11.5. The third kappa shape index (κ3) is 2.57. The Labute approximate surface area is 128 Å². The van der Waals surface area contributed by atoms with Crippen molar-refractivity contribution in [1.29, 1.82) is 0 Å². The van der Waals surface area contributed by atoms with Gasteiger partial charge in [-0.1, -0.05) is 18.5 Å². The zero-order valence-electron chi connectivity index (χ0n) is 12.0. The van der Waals surface area contributed by atoms with Gasteiger partial charge in [0.15, 0.2) is 0 Å². The Morgan fingerprint density at radius 1 is 1.43 bits per heavy atom. The molecule has 0 radical (unpaired) electrons. The number of nitrogens with one attached hydrogen (secondary N) is 2. The molecular formula is C16H17ClN2O2. The van der Waals surface area contributed by atoms with Crippen LogP contribution in [-0.4, -0.2) is 13.0 Å². The lowest BCUT2D eigenvalue weighted by atomic mass is 10.0. The van der Waals surface area contributed by atoms with Gasteiger partial charge in [0.25, 0.3) is 0 Å². The highest BCUT2D eigenvalue weighted by molar-refractivity contribution is 6.32. The van der Waals surface area contributed by atoms with Crippen LogP contribution in [0.3, 0.4) is 0 Å². The third-order valence-electron chi connectivity index (χ3n) is 3.76. The van der Waals surface area contributed by atoms with Gasteiger partial charge in [-0.3, -0.25) is 4.79 Å². The molecule has 2 aromatic rings. The highest BCUT2D eigenvalue weighted by Gasteiger charge is 2.24. The number of halogens is 1. The number of benzene rings is 1. The predicted octanol–water partition coefficient (Wildman–Crippen LogP) is 3.30. The molecule has 0 fully saturated rings. The first-order chi connectivity index (χ1) is 10.1. The lowest BCUT2D eigenvalue weighted by Gasteiger charge is -2.17. The van der Waals surface area contributed by atoms with Crippen molar-refractivity contribution < 1.29 is 9.21 Å². The van der Waals surface area contributed by atoms with Crippen LogP contribution in [0.5, 0.6) is 0 Å². The van der Waals surface area contributed by atoms with Gasteiger partial charge < -0.3 is 15.1 Å². The highest BCUT2D eigenvalue weighted by atomic mass is 35.5. The van der Waals surface area contributed by atoms with E-state index in [-0.39, 0.29) is 11.9 Å². The van der Waals surface area contributed by atoms with E-state index in [2.05, 4.69) is 17.6 Å². The smallest absolute Gasteiger partial charge is 0.228 e. The van der Waals surface area contributed by atoms with Crippen molar-refractivity contribution in [2.45, 2.75) is 25.8 Å². The fraction of sp³-hybridized carbons (Fsp3) is 0.312. The molecule has 0 aliphatic carbocycles. The first-order valence-electron chi connectivity index (χ1n) is 7.00. The second-order valence-corrected chi connectivity index (χ2v) is 5.54. The molecule has 1 amide bonds. The Morgan fingerprint density at radius 3 is 2.90 bits per heavy atom. The van der Waals surface area contributed by atoms with Crippen molar-refractivity contribution in [3.05, 3.63) is 51.9 Å². The Hall–Kier alpha value is -1.78. The molecule has 0 saturated carbocycles. The number of rotatable bonds is 4. The van der Waals surface area contributed by atoms with E-state index in [0.717, 1.165) is 34.8 Å². The van der Waals surface area contributed by atoms with Crippen LogP contribution in [0.25, 0.3) is 0 Å². The van der Waals surface area contributed by atoms with E-state index >= 15 is 0 Å². The van der Waals surface area contributed by atoms with E-state index in [0.29, 0.717) is 11.4 Å². The summed E-state index contributed by atoms with van der Waals surface area (Å²) in [5.74, 6) is 1.78. The molecule has 1 aromatic carbocycles. The summed E-state index contributed by atoms with van der Waals surface area (Å²) in [5.41, 5.74) is 2.70. The predicted molar refractivity (Wildman–Crippen MR) is 82.8 cm³/mol.